The zero-order chi connectivity index (χ0) is 19.2. The SMILES string of the molecule is C[C@H](Cn1cncn1)NC(=O)c1cccc(-c2ccc(CO)cc2CO)c1. The van der Waals surface area contributed by atoms with E-state index in [9.17, 15) is 15.0 Å². The van der Waals surface area contributed by atoms with Gasteiger partial charge in [-0.25, -0.2) is 4.98 Å². The van der Waals surface area contributed by atoms with Gasteiger partial charge in [-0.1, -0.05) is 30.3 Å². The second kappa shape index (κ2) is 8.57. The number of aromatic nitrogens is 3. The fourth-order valence-corrected chi connectivity index (χ4v) is 2.95. The summed E-state index contributed by atoms with van der Waals surface area (Å²) >= 11 is 0. The summed E-state index contributed by atoms with van der Waals surface area (Å²) in [5.41, 5.74) is 3.64. The fourth-order valence-electron chi connectivity index (χ4n) is 2.95. The van der Waals surface area contributed by atoms with Gasteiger partial charge in [0.05, 0.1) is 19.8 Å². The van der Waals surface area contributed by atoms with Gasteiger partial charge < -0.3 is 15.5 Å². The van der Waals surface area contributed by atoms with Crippen LogP contribution in [-0.4, -0.2) is 36.9 Å². The largest absolute Gasteiger partial charge is 0.392 e. The van der Waals surface area contributed by atoms with Crippen LogP contribution in [0.5, 0.6) is 0 Å². The molecule has 27 heavy (non-hydrogen) atoms. The highest BCUT2D eigenvalue weighted by Gasteiger charge is 2.13. The van der Waals surface area contributed by atoms with Crippen LogP contribution in [0.15, 0.2) is 55.1 Å². The number of nitrogens with zero attached hydrogens (tertiary/aromatic N) is 3. The summed E-state index contributed by atoms with van der Waals surface area (Å²) < 4.78 is 1.66. The Bertz CT molecular complexity index is 909. The maximum atomic E-state index is 12.6. The van der Waals surface area contributed by atoms with Crippen LogP contribution in [-0.2, 0) is 19.8 Å². The van der Waals surface area contributed by atoms with Crippen molar-refractivity contribution in [2.75, 3.05) is 0 Å². The van der Waals surface area contributed by atoms with Gasteiger partial charge >= 0.3 is 0 Å². The Labute approximate surface area is 157 Å². The first-order valence-electron chi connectivity index (χ1n) is 8.68. The van der Waals surface area contributed by atoms with E-state index in [2.05, 4.69) is 15.4 Å². The van der Waals surface area contributed by atoms with Crippen LogP contribution in [0.3, 0.4) is 0 Å². The minimum absolute atomic E-state index is 0.0839. The molecule has 3 N–H and O–H groups in total. The highest BCUT2D eigenvalue weighted by molar-refractivity contribution is 5.95. The summed E-state index contributed by atoms with van der Waals surface area (Å²) in [6.07, 6.45) is 3.06. The lowest BCUT2D eigenvalue weighted by Crippen LogP contribution is -2.35. The lowest BCUT2D eigenvalue weighted by atomic mass is 9.96. The molecule has 0 bridgehead atoms. The van der Waals surface area contributed by atoms with E-state index in [0.29, 0.717) is 17.7 Å². The Kier molecular flexibility index (Phi) is 5.95. The normalized spacial score (nSPS) is 12.0. The van der Waals surface area contributed by atoms with Crippen molar-refractivity contribution in [2.45, 2.75) is 32.7 Å². The molecule has 0 fully saturated rings. The molecule has 0 aliphatic rings. The van der Waals surface area contributed by atoms with Crippen molar-refractivity contribution in [2.24, 2.45) is 0 Å². The van der Waals surface area contributed by atoms with Crippen molar-refractivity contribution in [3.05, 3.63) is 71.8 Å². The first-order chi connectivity index (χ1) is 13.1. The monoisotopic (exact) mass is 366 g/mol. The van der Waals surface area contributed by atoms with Gasteiger partial charge in [-0.05, 0) is 41.3 Å². The number of amides is 1. The molecule has 3 rings (SSSR count). The van der Waals surface area contributed by atoms with Crippen LogP contribution < -0.4 is 5.32 Å². The van der Waals surface area contributed by atoms with Gasteiger partial charge in [-0.15, -0.1) is 0 Å². The van der Waals surface area contributed by atoms with E-state index in [1.165, 1.54) is 6.33 Å². The second-order valence-corrected chi connectivity index (χ2v) is 6.38. The van der Waals surface area contributed by atoms with Gasteiger partial charge in [-0.2, -0.15) is 5.10 Å². The van der Waals surface area contributed by atoms with Crippen LogP contribution >= 0.6 is 0 Å². The Morgan fingerprint density at radius 3 is 2.74 bits per heavy atom. The van der Waals surface area contributed by atoms with Crippen molar-refractivity contribution in [1.82, 2.24) is 20.1 Å². The molecule has 3 aromatic rings. The molecule has 1 aromatic heterocycles. The third-order valence-electron chi connectivity index (χ3n) is 4.26. The molecule has 0 radical (unpaired) electrons. The molecule has 7 heteroatoms. The number of rotatable bonds is 7. The number of aliphatic hydroxyl groups excluding tert-OH is 2. The van der Waals surface area contributed by atoms with Gasteiger partial charge in [-0.3, -0.25) is 9.48 Å². The van der Waals surface area contributed by atoms with Crippen LogP contribution in [0.1, 0.15) is 28.4 Å². The average molecular weight is 366 g/mol. The van der Waals surface area contributed by atoms with Gasteiger partial charge in [0, 0.05) is 11.6 Å². The predicted molar refractivity (Wildman–Crippen MR) is 101 cm³/mol. The van der Waals surface area contributed by atoms with E-state index in [0.717, 1.165) is 16.7 Å². The highest BCUT2D eigenvalue weighted by Crippen LogP contribution is 2.26. The highest BCUT2D eigenvalue weighted by atomic mass is 16.3. The number of hydrogen-bond donors (Lipinski definition) is 3. The minimum atomic E-state index is -0.179. The van der Waals surface area contributed by atoms with E-state index in [-0.39, 0.29) is 25.2 Å². The molecular weight excluding hydrogens is 344 g/mol. The van der Waals surface area contributed by atoms with Crippen molar-refractivity contribution >= 4 is 5.91 Å². The van der Waals surface area contributed by atoms with E-state index < -0.39 is 0 Å². The molecule has 7 nitrogen and oxygen atoms in total. The van der Waals surface area contributed by atoms with Crippen LogP contribution in [0.2, 0.25) is 0 Å². The lowest BCUT2D eigenvalue weighted by Gasteiger charge is -2.15. The van der Waals surface area contributed by atoms with Crippen molar-refractivity contribution in [3.63, 3.8) is 0 Å². The summed E-state index contributed by atoms with van der Waals surface area (Å²) in [6, 6.07) is 12.6. The summed E-state index contributed by atoms with van der Waals surface area (Å²) in [6.45, 7) is 2.21. The average Bonchev–Trinajstić information content (AvgIpc) is 3.20. The number of aliphatic hydroxyl groups is 2. The third-order valence-corrected chi connectivity index (χ3v) is 4.26. The quantitative estimate of drug-likeness (QED) is 0.591. The summed E-state index contributed by atoms with van der Waals surface area (Å²) in [7, 11) is 0. The Morgan fingerprint density at radius 2 is 2.04 bits per heavy atom. The Morgan fingerprint density at radius 1 is 1.19 bits per heavy atom. The molecule has 140 valence electrons. The van der Waals surface area contributed by atoms with Crippen molar-refractivity contribution < 1.29 is 15.0 Å². The second-order valence-electron chi connectivity index (χ2n) is 6.38. The zero-order valence-corrected chi connectivity index (χ0v) is 15.0. The molecule has 2 aromatic carbocycles. The number of hydrogen-bond acceptors (Lipinski definition) is 5. The van der Waals surface area contributed by atoms with E-state index in [1.54, 1.807) is 35.3 Å². The zero-order valence-electron chi connectivity index (χ0n) is 15.0. The number of nitrogens with one attached hydrogen (secondary N) is 1. The van der Waals surface area contributed by atoms with Crippen LogP contribution in [0, 0.1) is 0 Å². The molecule has 1 amide bonds. The molecule has 0 aliphatic heterocycles. The van der Waals surface area contributed by atoms with Gasteiger partial charge in [0.1, 0.15) is 12.7 Å². The van der Waals surface area contributed by atoms with Crippen LogP contribution in [0.4, 0.5) is 0 Å². The molecule has 0 saturated carbocycles. The molecule has 0 spiro atoms. The maximum Gasteiger partial charge on any atom is 0.251 e. The van der Waals surface area contributed by atoms with Gasteiger partial charge in [0.15, 0.2) is 0 Å². The van der Waals surface area contributed by atoms with E-state index in [4.69, 9.17) is 0 Å². The minimum Gasteiger partial charge on any atom is -0.392 e. The van der Waals surface area contributed by atoms with E-state index >= 15 is 0 Å². The number of benzene rings is 2. The van der Waals surface area contributed by atoms with E-state index in [1.807, 2.05) is 25.1 Å². The lowest BCUT2D eigenvalue weighted by molar-refractivity contribution is 0.0936. The topological polar surface area (TPSA) is 100 Å². The molecule has 1 atom stereocenters. The van der Waals surface area contributed by atoms with Crippen molar-refractivity contribution in [1.29, 1.82) is 0 Å². The van der Waals surface area contributed by atoms with Crippen LogP contribution in [0.25, 0.3) is 11.1 Å². The fraction of sp³-hybridized carbons (Fsp3) is 0.250. The summed E-state index contributed by atoms with van der Waals surface area (Å²) in [5.74, 6) is -0.179. The summed E-state index contributed by atoms with van der Waals surface area (Å²) in [4.78, 5) is 16.5. The first kappa shape index (κ1) is 18.8. The Hall–Kier alpha value is -3.03. The molecule has 0 saturated heterocycles. The maximum absolute atomic E-state index is 12.6. The third kappa shape index (κ3) is 4.58. The van der Waals surface area contributed by atoms with Crippen molar-refractivity contribution in [3.8, 4) is 11.1 Å². The smallest absolute Gasteiger partial charge is 0.251 e. The standard InChI is InChI=1S/C20H22N4O3/c1-14(9-24-13-21-12-22-24)23-20(27)17-4-2-3-16(8-17)19-6-5-15(10-25)7-18(19)11-26/h2-8,12-14,25-26H,9-11H2,1H3,(H,23,27)/t14-/m1/s1. The number of carbonyl (C=O) groups excluding carboxylic acids is 1. The summed E-state index contributed by atoms with van der Waals surface area (Å²) in [5, 5.41) is 25.9. The molecule has 1 heterocycles. The first-order valence-corrected chi connectivity index (χ1v) is 8.68. The molecule has 0 aliphatic carbocycles. The van der Waals surface area contributed by atoms with Gasteiger partial charge in [0.2, 0.25) is 0 Å². The molecular formula is C20H22N4O3. The number of carbonyl (C=O) groups is 1. The van der Waals surface area contributed by atoms with Gasteiger partial charge in [0.25, 0.3) is 5.91 Å². The Balaban J connectivity index is 1.78. The predicted octanol–water partition coefficient (Wildman–Crippen LogP) is 1.75. The molecule has 0 unspecified atom stereocenters.